The Kier molecular flexibility index (Phi) is 6.26. The minimum atomic E-state index is -1.02. The van der Waals surface area contributed by atoms with E-state index in [1.165, 1.54) is 29.3 Å². The van der Waals surface area contributed by atoms with Crippen molar-refractivity contribution in [2.24, 2.45) is 0 Å². The fraction of sp³-hybridized carbons (Fsp3) is 0.364. The number of benzene rings is 1. The lowest BCUT2D eigenvalue weighted by molar-refractivity contribution is -0.140. The molecule has 1 aromatic carbocycles. The number of aliphatic hydroxyl groups is 1. The molecule has 1 fully saturated rings. The van der Waals surface area contributed by atoms with Crippen molar-refractivity contribution in [3.8, 4) is 0 Å². The van der Waals surface area contributed by atoms with E-state index in [2.05, 4.69) is 9.97 Å². The third kappa shape index (κ3) is 4.09. The molecule has 0 unspecified atom stereocenters. The molecule has 1 amide bonds. The van der Waals surface area contributed by atoms with Gasteiger partial charge in [-0.3, -0.25) is 9.59 Å². The van der Waals surface area contributed by atoms with E-state index in [0.29, 0.717) is 24.5 Å². The van der Waals surface area contributed by atoms with Crippen LogP contribution in [-0.2, 0) is 9.59 Å². The van der Waals surface area contributed by atoms with Crippen molar-refractivity contribution in [2.75, 3.05) is 27.2 Å². The Bertz CT molecular complexity index is 1020. The van der Waals surface area contributed by atoms with Crippen LogP contribution in [0.1, 0.15) is 35.1 Å². The van der Waals surface area contributed by atoms with Crippen LogP contribution in [0.5, 0.6) is 0 Å². The Morgan fingerprint density at radius 1 is 1.23 bits per heavy atom. The molecule has 1 saturated heterocycles. The molecule has 1 aromatic heterocycles. The fourth-order valence-electron chi connectivity index (χ4n) is 3.65. The summed E-state index contributed by atoms with van der Waals surface area (Å²) >= 11 is 0. The summed E-state index contributed by atoms with van der Waals surface area (Å²) in [6.45, 7) is 4.33. The predicted molar refractivity (Wildman–Crippen MR) is 110 cm³/mol. The van der Waals surface area contributed by atoms with Gasteiger partial charge in [0.15, 0.2) is 0 Å². The van der Waals surface area contributed by atoms with Gasteiger partial charge in [-0.25, -0.2) is 14.4 Å². The Morgan fingerprint density at radius 2 is 1.93 bits per heavy atom. The summed E-state index contributed by atoms with van der Waals surface area (Å²) in [7, 11) is 3.81. The molecule has 0 saturated carbocycles. The van der Waals surface area contributed by atoms with E-state index in [-0.39, 0.29) is 23.2 Å². The van der Waals surface area contributed by atoms with E-state index >= 15 is 0 Å². The SMILES string of the molecule is Cc1ncc(/C(O)=C2\C(=O)C(=O)N(CCCN(C)C)[C@@H]2c2ccccc2F)c(C)n1. The molecule has 1 N–H and O–H groups in total. The number of nitrogens with zero attached hydrogens (tertiary/aromatic N) is 4. The summed E-state index contributed by atoms with van der Waals surface area (Å²) in [5.74, 6) is -2.03. The maximum Gasteiger partial charge on any atom is 0.295 e. The van der Waals surface area contributed by atoms with Crippen LogP contribution in [0.25, 0.3) is 5.76 Å². The van der Waals surface area contributed by atoms with Crippen molar-refractivity contribution in [1.29, 1.82) is 0 Å². The second kappa shape index (κ2) is 8.71. The lowest BCUT2D eigenvalue weighted by atomic mass is 9.95. The Hall–Kier alpha value is -3.13. The number of amides is 1. The van der Waals surface area contributed by atoms with E-state index in [1.54, 1.807) is 19.9 Å². The number of Topliss-reactive ketones (excluding diaryl/α,β-unsaturated/α-hetero) is 1. The minimum Gasteiger partial charge on any atom is -0.507 e. The van der Waals surface area contributed by atoms with Crippen molar-refractivity contribution in [3.05, 3.63) is 64.5 Å². The molecule has 7 nitrogen and oxygen atoms in total. The number of halogens is 1. The van der Waals surface area contributed by atoms with E-state index in [9.17, 15) is 19.1 Å². The number of likely N-dealkylation sites (tertiary alicyclic amines) is 1. The lowest BCUT2D eigenvalue weighted by Gasteiger charge is -2.26. The summed E-state index contributed by atoms with van der Waals surface area (Å²) in [4.78, 5) is 37.3. The highest BCUT2D eigenvalue weighted by atomic mass is 19.1. The first-order valence-electron chi connectivity index (χ1n) is 9.70. The zero-order valence-corrected chi connectivity index (χ0v) is 17.5. The van der Waals surface area contributed by atoms with E-state index in [4.69, 9.17) is 0 Å². The first kappa shape index (κ1) is 21.6. The van der Waals surface area contributed by atoms with Gasteiger partial charge in [0.2, 0.25) is 0 Å². The summed E-state index contributed by atoms with van der Waals surface area (Å²) in [6, 6.07) is 4.95. The number of carbonyl (C=O) groups is 2. The molecule has 1 aliphatic heterocycles. The lowest BCUT2D eigenvalue weighted by Crippen LogP contribution is -2.32. The quantitative estimate of drug-likeness (QED) is 0.446. The van der Waals surface area contributed by atoms with Gasteiger partial charge in [0.1, 0.15) is 17.4 Å². The van der Waals surface area contributed by atoms with E-state index in [0.717, 1.165) is 0 Å². The first-order valence-corrected chi connectivity index (χ1v) is 9.70. The molecule has 1 aliphatic rings. The van der Waals surface area contributed by atoms with Crippen LogP contribution in [-0.4, -0.2) is 63.7 Å². The van der Waals surface area contributed by atoms with Gasteiger partial charge < -0.3 is 14.9 Å². The summed E-state index contributed by atoms with van der Waals surface area (Å²) in [5, 5.41) is 11.0. The van der Waals surface area contributed by atoms with Gasteiger partial charge in [-0.05, 0) is 47.0 Å². The largest absolute Gasteiger partial charge is 0.507 e. The van der Waals surface area contributed by atoms with Gasteiger partial charge in [0, 0.05) is 18.3 Å². The molecule has 2 aromatic rings. The van der Waals surface area contributed by atoms with E-state index < -0.39 is 29.3 Å². The molecule has 0 aliphatic carbocycles. The number of aryl methyl sites for hydroxylation is 2. The highest BCUT2D eigenvalue weighted by Gasteiger charge is 2.46. The normalized spacial score (nSPS) is 18.5. The number of hydrogen-bond acceptors (Lipinski definition) is 6. The summed E-state index contributed by atoms with van der Waals surface area (Å²) in [6.07, 6.45) is 2.00. The van der Waals surface area contributed by atoms with Crippen LogP contribution in [0.15, 0.2) is 36.0 Å². The monoisotopic (exact) mass is 412 g/mol. The molecule has 0 bridgehead atoms. The van der Waals surface area contributed by atoms with Gasteiger partial charge in [0.05, 0.1) is 22.9 Å². The van der Waals surface area contributed by atoms with Crippen LogP contribution in [0.2, 0.25) is 0 Å². The van der Waals surface area contributed by atoms with Crippen molar-refractivity contribution in [1.82, 2.24) is 19.8 Å². The summed E-state index contributed by atoms with van der Waals surface area (Å²) < 4.78 is 14.7. The number of aromatic nitrogens is 2. The van der Waals surface area contributed by atoms with Crippen LogP contribution in [0.4, 0.5) is 4.39 Å². The van der Waals surface area contributed by atoms with Gasteiger partial charge in [-0.1, -0.05) is 18.2 Å². The molecule has 1 atom stereocenters. The fourth-order valence-corrected chi connectivity index (χ4v) is 3.65. The number of hydrogen-bond donors (Lipinski definition) is 1. The molecule has 0 radical (unpaired) electrons. The molecule has 3 rings (SSSR count). The number of ketones is 1. The van der Waals surface area contributed by atoms with E-state index in [1.807, 2.05) is 19.0 Å². The topological polar surface area (TPSA) is 86.6 Å². The van der Waals surface area contributed by atoms with Gasteiger partial charge in [0.25, 0.3) is 11.7 Å². The second-order valence-corrected chi connectivity index (χ2v) is 7.59. The Labute approximate surface area is 174 Å². The second-order valence-electron chi connectivity index (χ2n) is 7.59. The number of rotatable bonds is 6. The van der Waals surface area contributed by atoms with Crippen molar-refractivity contribution in [3.63, 3.8) is 0 Å². The molecule has 2 heterocycles. The van der Waals surface area contributed by atoms with Crippen LogP contribution in [0.3, 0.4) is 0 Å². The maximum absolute atomic E-state index is 14.7. The van der Waals surface area contributed by atoms with Gasteiger partial charge in [-0.2, -0.15) is 0 Å². The predicted octanol–water partition coefficient (Wildman–Crippen LogP) is 2.61. The van der Waals surface area contributed by atoms with Crippen molar-refractivity contribution >= 4 is 17.4 Å². The standard InChI is InChI=1S/C22H25FN4O3/c1-13-16(12-24-14(2)25-13)20(28)18-19(15-8-5-6-9-17(15)23)27(22(30)21(18)29)11-7-10-26(3)4/h5-6,8-9,12,19,28H,7,10-11H2,1-4H3/b20-18+/t19-/m1/s1. The Morgan fingerprint density at radius 3 is 2.57 bits per heavy atom. The summed E-state index contributed by atoms with van der Waals surface area (Å²) in [5.41, 5.74) is 0.721. The maximum atomic E-state index is 14.7. The smallest absolute Gasteiger partial charge is 0.295 e. The molecular weight excluding hydrogens is 387 g/mol. The van der Waals surface area contributed by atoms with Crippen LogP contribution >= 0.6 is 0 Å². The third-order valence-corrected chi connectivity index (χ3v) is 5.10. The van der Waals surface area contributed by atoms with Gasteiger partial charge in [-0.15, -0.1) is 0 Å². The highest BCUT2D eigenvalue weighted by molar-refractivity contribution is 6.46. The first-order chi connectivity index (χ1) is 14.2. The molecule has 8 heteroatoms. The average molecular weight is 412 g/mol. The van der Waals surface area contributed by atoms with Crippen molar-refractivity contribution < 1.29 is 19.1 Å². The third-order valence-electron chi connectivity index (χ3n) is 5.10. The van der Waals surface area contributed by atoms with Crippen LogP contribution < -0.4 is 0 Å². The zero-order chi connectivity index (χ0) is 22.0. The number of carbonyl (C=O) groups excluding carboxylic acids is 2. The molecule has 0 spiro atoms. The molecule has 30 heavy (non-hydrogen) atoms. The van der Waals surface area contributed by atoms with Crippen molar-refractivity contribution in [2.45, 2.75) is 26.3 Å². The van der Waals surface area contributed by atoms with Gasteiger partial charge >= 0.3 is 0 Å². The number of aliphatic hydroxyl groups excluding tert-OH is 1. The minimum absolute atomic E-state index is 0.148. The van der Waals surface area contributed by atoms with Crippen LogP contribution in [0, 0.1) is 19.7 Å². The Balaban J connectivity index is 2.15. The molecule has 158 valence electrons. The zero-order valence-electron chi connectivity index (χ0n) is 17.5. The molecular formula is C22H25FN4O3. The highest BCUT2D eigenvalue weighted by Crippen LogP contribution is 2.40. The average Bonchev–Trinajstić information content (AvgIpc) is 2.92.